The second-order valence-electron chi connectivity index (χ2n) is 4.65. The van der Waals surface area contributed by atoms with Crippen LogP contribution in [0.15, 0.2) is 24.3 Å². The number of hydrogen-bond acceptors (Lipinski definition) is 3. The van der Waals surface area contributed by atoms with Crippen LogP contribution in [0.4, 0.5) is 0 Å². The average Bonchev–Trinajstić information content (AvgIpc) is 2.46. The molecule has 0 aliphatic heterocycles. The van der Waals surface area contributed by atoms with E-state index in [0.29, 0.717) is 17.9 Å². The number of nitrogens with zero attached hydrogens (tertiary/aromatic N) is 1. The van der Waals surface area contributed by atoms with E-state index < -0.39 is 0 Å². The highest BCUT2D eigenvalue weighted by Crippen LogP contribution is 2.17. The van der Waals surface area contributed by atoms with Crippen LogP contribution in [0.25, 0.3) is 0 Å². The highest BCUT2D eigenvalue weighted by atomic mass is 32.1. The van der Waals surface area contributed by atoms with Gasteiger partial charge in [0.1, 0.15) is 11.8 Å². The molecule has 1 aromatic rings. The summed E-state index contributed by atoms with van der Waals surface area (Å²) in [7, 11) is 0. The summed E-state index contributed by atoms with van der Waals surface area (Å²) in [5, 5.41) is 8.93. The molecule has 0 saturated carbocycles. The summed E-state index contributed by atoms with van der Waals surface area (Å²) >= 11 is 4.20. The Kier molecular flexibility index (Phi) is 9.01. The van der Waals surface area contributed by atoms with Crippen molar-refractivity contribution in [3.63, 3.8) is 0 Å². The lowest BCUT2D eigenvalue weighted by molar-refractivity contribution is 0.303. The van der Waals surface area contributed by atoms with Gasteiger partial charge in [0.05, 0.1) is 12.2 Å². The van der Waals surface area contributed by atoms with Gasteiger partial charge < -0.3 is 4.74 Å². The molecule has 0 radical (unpaired) electrons. The zero-order valence-corrected chi connectivity index (χ0v) is 12.4. The Morgan fingerprint density at radius 1 is 0.947 bits per heavy atom. The zero-order chi connectivity index (χ0) is 13.8. The smallest absolute Gasteiger partial charge is 0.137 e. The van der Waals surface area contributed by atoms with Gasteiger partial charge in [-0.3, -0.25) is 0 Å². The van der Waals surface area contributed by atoms with Crippen molar-refractivity contribution in [2.75, 3.05) is 12.4 Å². The standard InChI is InChI=1S/C16H23NOS/c17-14-15-10-6-7-11-16(15)18-12-8-4-2-1-3-5-9-13-19/h6-7,10-11,19H,1-5,8-9,12-13H2. The van der Waals surface area contributed by atoms with Gasteiger partial charge >= 0.3 is 0 Å². The molecule has 0 aromatic heterocycles. The lowest BCUT2D eigenvalue weighted by atomic mass is 10.1. The van der Waals surface area contributed by atoms with Crippen molar-refractivity contribution in [3.05, 3.63) is 29.8 Å². The molecule has 0 bridgehead atoms. The monoisotopic (exact) mass is 277 g/mol. The van der Waals surface area contributed by atoms with E-state index in [9.17, 15) is 0 Å². The van der Waals surface area contributed by atoms with Crippen LogP contribution in [0.3, 0.4) is 0 Å². The van der Waals surface area contributed by atoms with E-state index in [0.717, 1.165) is 12.2 Å². The third-order valence-corrected chi connectivity index (χ3v) is 3.38. The van der Waals surface area contributed by atoms with E-state index in [1.165, 1.54) is 38.5 Å². The fraction of sp³-hybridized carbons (Fsp3) is 0.562. The van der Waals surface area contributed by atoms with Crippen LogP contribution in [-0.2, 0) is 0 Å². The molecule has 1 rings (SSSR count). The third kappa shape index (κ3) is 7.12. The normalized spacial score (nSPS) is 10.1. The molecule has 1 aromatic carbocycles. The summed E-state index contributed by atoms with van der Waals surface area (Å²) in [5.41, 5.74) is 0.620. The molecule has 0 spiro atoms. The summed E-state index contributed by atoms with van der Waals surface area (Å²) in [5.74, 6) is 1.71. The van der Waals surface area contributed by atoms with E-state index in [4.69, 9.17) is 10.00 Å². The molecule has 0 fully saturated rings. The van der Waals surface area contributed by atoms with Gasteiger partial charge in [-0.25, -0.2) is 0 Å². The zero-order valence-electron chi connectivity index (χ0n) is 11.5. The largest absolute Gasteiger partial charge is 0.492 e. The van der Waals surface area contributed by atoms with Gasteiger partial charge in [-0.05, 0) is 30.7 Å². The van der Waals surface area contributed by atoms with Gasteiger partial charge in [0, 0.05) is 0 Å². The Hall–Kier alpha value is -1.14. The molecule has 0 unspecified atom stereocenters. The van der Waals surface area contributed by atoms with Gasteiger partial charge in [0.2, 0.25) is 0 Å². The van der Waals surface area contributed by atoms with Crippen LogP contribution in [0, 0.1) is 11.3 Å². The van der Waals surface area contributed by atoms with Crippen LogP contribution in [0.2, 0.25) is 0 Å². The van der Waals surface area contributed by atoms with Gasteiger partial charge in [0.15, 0.2) is 0 Å². The van der Waals surface area contributed by atoms with Crippen molar-refractivity contribution in [2.45, 2.75) is 44.9 Å². The van der Waals surface area contributed by atoms with Crippen LogP contribution in [-0.4, -0.2) is 12.4 Å². The quantitative estimate of drug-likeness (QED) is 0.501. The van der Waals surface area contributed by atoms with Gasteiger partial charge in [-0.1, -0.05) is 44.2 Å². The second kappa shape index (κ2) is 10.8. The van der Waals surface area contributed by atoms with E-state index in [1.807, 2.05) is 18.2 Å². The molecule has 104 valence electrons. The van der Waals surface area contributed by atoms with Crippen LogP contribution in [0.1, 0.15) is 50.5 Å². The summed E-state index contributed by atoms with van der Waals surface area (Å²) in [6.45, 7) is 0.704. The maximum Gasteiger partial charge on any atom is 0.137 e. The van der Waals surface area contributed by atoms with Crippen molar-refractivity contribution in [3.8, 4) is 11.8 Å². The number of ether oxygens (including phenoxy) is 1. The van der Waals surface area contributed by atoms with Crippen LogP contribution < -0.4 is 4.74 Å². The van der Waals surface area contributed by atoms with Gasteiger partial charge in [-0.15, -0.1) is 0 Å². The summed E-state index contributed by atoms with van der Waals surface area (Å²) < 4.78 is 5.64. The number of rotatable bonds is 10. The van der Waals surface area contributed by atoms with Crippen LogP contribution >= 0.6 is 12.6 Å². The van der Waals surface area contributed by atoms with Crippen molar-refractivity contribution in [2.24, 2.45) is 0 Å². The fourth-order valence-corrected chi connectivity index (χ4v) is 2.19. The van der Waals surface area contributed by atoms with E-state index in [1.54, 1.807) is 6.07 Å². The molecule has 2 nitrogen and oxygen atoms in total. The molecule has 0 aliphatic carbocycles. The predicted molar refractivity (Wildman–Crippen MR) is 82.8 cm³/mol. The van der Waals surface area contributed by atoms with Crippen molar-refractivity contribution in [1.29, 1.82) is 5.26 Å². The summed E-state index contributed by atoms with van der Waals surface area (Å²) in [6, 6.07) is 9.55. The molecule has 0 N–H and O–H groups in total. The highest BCUT2D eigenvalue weighted by molar-refractivity contribution is 7.80. The molecule has 3 heteroatoms. The topological polar surface area (TPSA) is 33.0 Å². The maximum absolute atomic E-state index is 8.93. The Labute approximate surface area is 122 Å². The highest BCUT2D eigenvalue weighted by Gasteiger charge is 2.00. The fourth-order valence-electron chi connectivity index (χ4n) is 1.96. The minimum absolute atomic E-state index is 0.620. The first-order valence-corrected chi connectivity index (χ1v) is 7.74. The van der Waals surface area contributed by atoms with Crippen molar-refractivity contribution >= 4 is 12.6 Å². The number of benzene rings is 1. The molecule has 0 atom stereocenters. The molecule has 0 aliphatic rings. The van der Waals surface area contributed by atoms with Gasteiger partial charge in [-0.2, -0.15) is 17.9 Å². The molecule has 19 heavy (non-hydrogen) atoms. The second-order valence-corrected chi connectivity index (χ2v) is 5.10. The Morgan fingerprint density at radius 3 is 2.26 bits per heavy atom. The SMILES string of the molecule is N#Cc1ccccc1OCCCCCCCCCS. The number of hydrogen-bond donors (Lipinski definition) is 1. The molecule has 0 saturated heterocycles. The molecule has 0 heterocycles. The number of nitriles is 1. The summed E-state index contributed by atoms with van der Waals surface area (Å²) in [4.78, 5) is 0. The first-order valence-electron chi connectivity index (χ1n) is 7.11. The molecule has 0 amide bonds. The third-order valence-electron chi connectivity index (χ3n) is 3.07. The number of para-hydroxylation sites is 1. The lowest BCUT2D eigenvalue weighted by Crippen LogP contribution is -1.98. The Balaban J connectivity index is 2.03. The van der Waals surface area contributed by atoms with Crippen molar-refractivity contribution < 1.29 is 4.74 Å². The first kappa shape index (κ1) is 15.9. The lowest BCUT2D eigenvalue weighted by Gasteiger charge is -2.07. The first-order chi connectivity index (χ1) is 9.38. The average molecular weight is 277 g/mol. The number of thiol groups is 1. The van der Waals surface area contributed by atoms with Crippen molar-refractivity contribution in [1.82, 2.24) is 0 Å². The minimum Gasteiger partial charge on any atom is -0.492 e. The Bertz CT molecular complexity index is 387. The maximum atomic E-state index is 8.93. The minimum atomic E-state index is 0.620. The predicted octanol–water partition coefficient (Wildman–Crippen LogP) is 4.60. The van der Waals surface area contributed by atoms with Gasteiger partial charge in [0.25, 0.3) is 0 Å². The van der Waals surface area contributed by atoms with E-state index >= 15 is 0 Å². The molecular formula is C16H23NOS. The van der Waals surface area contributed by atoms with E-state index in [-0.39, 0.29) is 0 Å². The van der Waals surface area contributed by atoms with Crippen LogP contribution in [0.5, 0.6) is 5.75 Å². The summed E-state index contributed by atoms with van der Waals surface area (Å²) in [6.07, 6.45) is 8.70. The Morgan fingerprint density at radius 2 is 1.58 bits per heavy atom. The number of unbranched alkanes of at least 4 members (excludes halogenated alkanes) is 6. The van der Waals surface area contributed by atoms with E-state index in [2.05, 4.69) is 18.7 Å². The molecular weight excluding hydrogens is 254 g/mol.